The molecule has 1 saturated carbocycles. The lowest BCUT2D eigenvalue weighted by molar-refractivity contribution is 0.0421. The topological polar surface area (TPSA) is 15.3 Å². The van der Waals surface area contributed by atoms with Crippen molar-refractivity contribution in [3.8, 4) is 0 Å². The Morgan fingerprint density at radius 2 is 2.14 bits per heavy atom. The van der Waals surface area contributed by atoms with Crippen molar-refractivity contribution in [2.45, 2.75) is 70.5 Å². The molecular formula is C18H30N2S. The molecular weight excluding hydrogens is 276 g/mol. The normalized spacial score (nSPS) is 26.5. The largest absolute Gasteiger partial charge is 0.308 e. The second kappa shape index (κ2) is 6.80. The van der Waals surface area contributed by atoms with Gasteiger partial charge in [0.2, 0.25) is 0 Å². The van der Waals surface area contributed by atoms with Crippen molar-refractivity contribution in [1.82, 2.24) is 10.2 Å². The highest BCUT2D eigenvalue weighted by molar-refractivity contribution is 7.09. The predicted molar refractivity (Wildman–Crippen MR) is 91.8 cm³/mol. The van der Waals surface area contributed by atoms with Gasteiger partial charge in [-0.15, -0.1) is 11.3 Å². The molecule has 1 saturated heterocycles. The van der Waals surface area contributed by atoms with Crippen LogP contribution >= 0.6 is 11.3 Å². The lowest BCUT2D eigenvalue weighted by Crippen LogP contribution is -2.64. The third kappa shape index (κ3) is 3.88. The SMILES string of the molecule is CC(C)CC1CNC2(CCCCC2)CN1Cc1cccs1. The highest BCUT2D eigenvalue weighted by atomic mass is 32.1. The van der Waals surface area contributed by atoms with Crippen LogP contribution in [0.3, 0.4) is 0 Å². The van der Waals surface area contributed by atoms with Gasteiger partial charge in [-0.2, -0.15) is 0 Å². The molecule has 0 bridgehead atoms. The summed E-state index contributed by atoms with van der Waals surface area (Å²) >= 11 is 1.91. The first-order chi connectivity index (χ1) is 10.2. The Morgan fingerprint density at radius 3 is 2.81 bits per heavy atom. The first-order valence-corrected chi connectivity index (χ1v) is 9.56. The van der Waals surface area contributed by atoms with Gasteiger partial charge in [-0.25, -0.2) is 0 Å². The Hall–Kier alpha value is -0.380. The van der Waals surface area contributed by atoms with Gasteiger partial charge in [-0.1, -0.05) is 39.2 Å². The fourth-order valence-electron chi connectivity index (χ4n) is 4.16. The van der Waals surface area contributed by atoms with Gasteiger partial charge in [0.25, 0.3) is 0 Å². The van der Waals surface area contributed by atoms with Crippen molar-refractivity contribution in [3.05, 3.63) is 22.4 Å². The first kappa shape index (κ1) is 15.5. The van der Waals surface area contributed by atoms with Crippen molar-refractivity contribution in [3.63, 3.8) is 0 Å². The summed E-state index contributed by atoms with van der Waals surface area (Å²) in [6.07, 6.45) is 8.33. The van der Waals surface area contributed by atoms with E-state index in [1.165, 1.54) is 56.5 Å². The number of hydrogen-bond donors (Lipinski definition) is 1. The molecule has 3 rings (SSSR count). The molecule has 2 aliphatic rings. The van der Waals surface area contributed by atoms with Gasteiger partial charge in [0.1, 0.15) is 0 Å². The van der Waals surface area contributed by atoms with Gasteiger partial charge >= 0.3 is 0 Å². The summed E-state index contributed by atoms with van der Waals surface area (Å²) in [5.41, 5.74) is 0.420. The maximum Gasteiger partial charge on any atom is 0.0332 e. The van der Waals surface area contributed by atoms with E-state index in [1.807, 2.05) is 11.3 Å². The fraction of sp³-hybridized carbons (Fsp3) is 0.778. The quantitative estimate of drug-likeness (QED) is 0.893. The molecule has 118 valence electrons. The van der Waals surface area contributed by atoms with Gasteiger partial charge < -0.3 is 5.32 Å². The molecule has 2 nitrogen and oxygen atoms in total. The summed E-state index contributed by atoms with van der Waals surface area (Å²) < 4.78 is 0. The summed E-state index contributed by atoms with van der Waals surface area (Å²) in [6.45, 7) is 8.30. The summed E-state index contributed by atoms with van der Waals surface area (Å²) in [5.74, 6) is 0.781. The number of nitrogens with one attached hydrogen (secondary N) is 1. The van der Waals surface area contributed by atoms with E-state index >= 15 is 0 Å². The van der Waals surface area contributed by atoms with Crippen LogP contribution in [-0.2, 0) is 6.54 Å². The Labute approximate surface area is 133 Å². The lowest BCUT2D eigenvalue weighted by Gasteiger charge is -2.50. The second-order valence-corrected chi connectivity index (χ2v) is 8.52. The van der Waals surface area contributed by atoms with E-state index in [2.05, 4.69) is 41.6 Å². The van der Waals surface area contributed by atoms with Crippen LogP contribution in [0, 0.1) is 5.92 Å². The van der Waals surface area contributed by atoms with Crippen molar-refractivity contribution >= 4 is 11.3 Å². The highest BCUT2D eigenvalue weighted by Gasteiger charge is 2.39. The van der Waals surface area contributed by atoms with Gasteiger partial charge in [0.05, 0.1) is 0 Å². The van der Waals surface area contributed by atoms with Crippen LogP contribution in [0.2, 0.25) is 0 Å². The fourth-order valence-corrected chi connectivity index (χ4v) is 4.89. The Morgan fingerprint density at radius 1 is 1.33 bits per heavy atom. The number of rotatable bonds is 4. The molecule has 0 aromatic carbocycles. The summed E-state index contributed by atoms with van der Waals surface area (Å²) in [5, 5.41) is 6.17. The molecule has 1 aromatic rings. The van der Waals surface area contributed by atoms with E-state index in [9.17, 15) is 0 Å². The van der Waals surface area contributed by atoms with E-state index in [1.54, 1.807) is 0 Å². The zero-order valence-corrected chi connectivity index (χ0v) is 14.4. The van der Waals surface area contributed by atoms with E-state index < -0.39 is 0 Å². The van der Waals surface area contributed by atoms with Gasteiger partial charge in [0, 0.05) is 36.1 Å². The predicted octanol–water partition coefficient (Wildman–Crippen LogP) is 4.27. The number of thiophene rings is 1. The van der Waals surface area contributed by atoms with Crippen LogP contribution in [-0.4, -0.2) is 29.6 Å². The molecule has 0 radical (unpaired) electrons. The van der Waals surface area contributed by atoms with Crippen molar-refractivity contribution in [2.24, 2.45) is 5.92 Å². The van der Waals surface area contributed by atoms with E-state index in [-0.39, 0.29) is 0 Å². The molecule has 2 heterocycles. The maximum atomic E-state index is 3.96. The van der Waals surface area contributed by atoms with E-state index in [0.29, 0.717) is 11.6 Å². The molecule has 0 amide bonds. The standard InChI is InChI=1S/C18H30N2S/c1-15(2)11-16-12-19-18(8-4-3-5-9-18)14-20(16)13-17-7-6-10-21-17/h6-7,10,15-16,19H,3-5,8-9,11-14H2,1-2H3. The zero-order valence-electron chi connectivity index (χ0n) is 13.6. The first-order valence-electron chi connectivity index (χ1n) is 8.68. The molecule has 1 N–H and O–H groups in total. The molecule has 2 fully saturated rings. The van der Waals surface area contributed by atoms with Crippen LogP contribution in [0.15, 0.2) is 17.5 Å². The van der Waals surface area contributed by atoms with Crippen LogP contribution in [0.1, 0.15) is 57.2 Å². The highest BCUT2D eigenvalue weighted by Crippen LogP contribution is 2.33. The Balaban J connectivity index is 1.71. The number of piperazine rings is 1. The van der Waals surface area contributed by atoms with Crippen molar-refractivity contribution < 1.29 is 0 Å². The van der Waals surface area contributed by atoms with Crippen molar-refractivity contribution in [2.75, 3.05) is 13.1 Å². The molecule has 3 heteroatoms. The van der Waals surface area contributed by atoms with Gasteiger partial charge in [-0.3, -0.25) is 4.90 Å². The van der Waals surface area contributed by atoms with Crippen LogP contribution in [0.4, 0.5) is 0 Å². The van der Waals surface area contributed by atoms with Gasteiger partial charge in [0.15, 0.2) is 0 Å². The van der Waals surface area contributed by atoms with E-state index in [0.717, 1.165) is 12.5 Å². The third-order valence-electron chi connectivity index (χ3n) is 5.23. The molecule has 1 aliphatic heterocycles. The molecule has 21 heavy (non-hydrogen) atoms. The minimum atomic E-state index is 0.420. The van der Waals surface area contributed by atoms with E-state index in [4.69, 9.17) is 0 Å². The average molecular weight is 307 g/mol. The zero-order chi connectivity index (χ0) is 14.7. The van der Waals surface area contributed by atoms with Crippen LogP contribution in [0.5, 0.6) is 0 Å². The third-order valence-corrected chi connectivity index (χ3v) is 6.09. The monoisotopic (exact) mass is 306 g/mol. The minimum Gasteiger partial charge on any atom is -0.308 e. The molecule has 1 unspecified atom stereocenters. The maximum absolute atomic E-state index is 3.96. The van der Waals surface area contributed by atoms with Crippen LogP contribution < -0.4 is 5.32 Å². The minimum absolute atomic E-state index is 0.420. The van der Waals surface area contributed by atoms with Gasteiger partial charge in [-0.05, 0) is 36.6 Å². The lowest BCUT2D eigenvalue weighted by atomic mass is 9.79. The smallest absolute Gasteiger partial charge is 0.0332 e. The molecule has 1 atom stereocenters. The average Bonchev–Trinajstić information content (AvgIpc) is 2.96. The molecule has 1 spiro atoms. The Bertz CT molecular complexity index is 420. The summed E-state index contributed by atoms with van der Waals surface area (Å²) in [7, 11) is 0. The second-order valence-electron chi connectivity index (χ2n) is 7.49. The summed E-state index contributed by atoms with van der Waals surface area (Å²) in [4.78, 5) is 4.31. The van der Waals surface area contributed by atoms with Crippen molar-refractivity contribution in [1.29, 1.82) is 0 Å². The molecule has 1 aromatic heterocycles. The van der Waals surface area contributed by atoms with Crippen LogP contribution in [0.25, 0.3) is 0 Å². The number of hydrogen-bond acceptors (Lipinski definition) is 3. The molecule has 1 aliphatic carbocycles. The Kier molecular flexibility index (Phi) is 5.03. The number of nitrogens with zero attached hydrogens (tertiary/aromatic N) is 1. The summed E-state index contributed by atoms with van der Waals surface area (Å²) in [6, 6.07) is 5.20.